The molecule has 0 bridgehead atoms. The minimum atomic E-state index is -1.06. The molecule has 3 rings (SSSR count). The minimum Gasteiger partial charge on any atom is -0.254 e. The van der Waals surface area contributed by atoms with Gasteiger partial charge in [0.2, 0.25) is 0 Å². The Balaban J connectivity index is 1.88. The molecule has 0 fully saturated rings. The van der Waals surface area contributed by atoms with Crippen molar-refractivity contribution in [3.8, 4) is 0 Å². The SMILES string of the molecule is O=S(Cc1cccc(Cl)c1)c1ccc2ccccc2c1. The highest BCUT2D eigenvalue weighted by Crippen LogP contribution is 2.20. The quantitative estimate of drug-likeness (QED) is 0.679. The van der Waals surface area contributed by atoms with Crippen LogP contribution in [0.5, 0.6) is 0 Å². The average Bonchev–Trinajstić information content (AvgIpc) is 2.47. The summed E-state index contributed by atoms with van der Waals surface area (Å²) in [6.07, 6.45) is 0. The normalized spacial score (nSPS) is 12.4. The molecule has 100 valence electrons. The predicted octanol–water partition coefficient (Wildman–Crippen LogP) is 4.80. The Bertz CT molecular complexity index is 783. The molecule has 3 heteroatoms. The third-order valence-corrected chi connectivity index (χ3v) is 4.78. The summed E-state index contributed by atoms with van der Waals surface area (Å²) in [4.78, 5) is 0.851. The van der Waals surface area contributed by atoms with Crippen molar-refractivity contribution < 1.29 is 4.21 Å². The van der Waals surface area contributed by atoms with Crippen LogP contribution in [-0.4, -0.2) is 4.21 Å². The summed E-state index contributed by atoms with van der Waals surface area (Å²) in [5.74, 6) is 0.485. The van der Waals surface area contributed by atoms with E-state index in [1.165, 1.54) is 0 Å². The summed E-state index contributed by atoms with van der Waals surface area (Å²) in [5, 5.41) is 2.96. The molecule has 0 N–H and O–H groups in total. The van der Waals surface area contributed by atoms with Crippen molar-refractivity contribution in [1.82, 2.24) is 0 Å². The predicted molar refractivity (Wildman–Crippen MR) is 85.5 cm³/mol. The van der Waals surface area contributed by atoms with Gasteiger partial charge in [0.25, 0.3) is 0 Å². The number of hydrogen-bond acceptors (Lipinski definition) is 1. The third-order valence-electron chi connectivity index (χ3n) is 3.17. The smallest absolute Gasteiger partial charge is 0.0574 e. The summed E-state index contributed by atoms with van der Waals surface area (Å²) in [6.45, 7) is 0. The number of halogens is 1. The molecule has 0 aliphatic rings. The molecule has 3 aromatic rings. The van der Waals surface area contributed by atoms with Gasteiger partial charge in [0.1, 0.15) is 0 Å². The summed E-state index contributed by atoms with van der Waals surface area (Å²) >= 11 is 5.95. The van der Waals surface area contributed by atoms with Crippen LogP contribution in [0.15, 0.2) is 71.6 Å². The molecular formula is C17H13ClOS. The molecule has 3 aromatic carbocycles. The molecule has 0 aliphatic carbocycles. The van der Waals surface area contributed by atoms with Crippen LogP contribution in [0, 0.1) is 0 Å². The Morgan fingerprint density at radius 2 is 1.65 bits per heavy atom. The molecule has 0 amide bonds. The maximum absolute atomic E-state index is 12.4. The molecule has 0 saturated heterocycles. The van der Waals surface area contributed by atoms with Crippen LogP contribution < -0.4 is 0 Å². The van der Waals surface area contributed by atoms with E-state index in [-0.39, 0.29) is 0 Å². The lowest BCUT2D eigenvalue weighted by Crippen LogP contribution is -1.96. The van der Waals surface area contributed by atoms with E-state index in [0.29, 0.717) is 10.8 Å². The van der Waals surface area contributed by atoms with Gasteiger partial charge in [-0.2, -0.15) is 0 Å². The first-order valence-corrected chi connectivity index (χ1v) is 8.04. The Kier molecular flexibility index (Phi) is 3.86. The Hall–Kier alpha value is -1.64. The molecule has 0 radical (unpaired) electrons. The second kappa shape index (κ2) is 5.78. The third kappa shape index (κ3) is 2.92. The lowest BCUT2D eigenvalue weighted by molar-refractivity contribution is 0.682. The molecule has 0 saturated carbocycles. The minimum absolute atomic E-state index is 0.485. The first-order chi connectivity index (χ1) is 9.72. The zero-order chi connectivity index (χ0) is 13.9. The Morgan fingerprint density at radius 3 is 2.45 bits per heavy atom. The van der Waals surface area contributed by atoms with Crippen molar-refractivity contribution in [2.24, 2.45) is 0 Å². The molecule has 0 spiro atoms. The van der Waals surface area contributed by atoms with Gasteiger partial charge < -0.3 is 0 Å². The lowest BCUT2D eigenvalue weighted by atomic mass is 10.1. The van der Waals surface area contributed by atoms with E-state index in [9.17, 15) is 4.21 Å². The van der Waals surface area contributed by atoms with Crippen molar-refractivity contribution in [3.05, 3.63) is 77.3 Å². The van der Waals surface area contributed by atoms with Gasteiger partial charge >= 0.3 is 0 Å². The summed E-state index contributed by atoms with van der Waals surface area (Å²) in [6, 6.07) is 21.6. The Labute approximate surface area is 125 Å². The van der Waals surface area contributed by atoms with Crippen LogP contribution in [0.25, 0.3) is 10.8 Å². The second-order valence-corrected chi connectivity index (χ2v) is 6.52. The fourth-order valence-electron chi connectivity index (χ4n) is 2.17. The van der Waals surface area contributed by atoms with Gasteiger partial charge in [-0.1, -0.05) is 54.1 Å². The highest BCUT2D eigenvalue weighted by Gasteiger charge is 2.06. The number of fused-ring (bicyclic) bond motifs is 1. The summed E-state index contributed by atoms with van der Waals surface area (Å²) in [7, 11) is -1.06. The number of rotatable bonds is 3. The zero-order valence-corrected chi connectivity index (χ0v) is 12.3. The maximum atomic E-state index is 12.4. The monoisotopic (exact) mass is 300 g/mol. The fourth-order valence-corrected chi connectivity index (χ4v) is 3.51. The van der Waals surface area contributed by atoms with E-state index in [4.69, 9.17) is 11.6 Å². The molecule has 0 aromatic heterocycles. The summed E-state index contributed by atoms with van der Waals surface area (Å²) in [5.41, 5.74) is 0.990. The van der Waals surface area contributed by atoms with Crippen molar-refractivity contribution in [3.63, 3.8) is 0 Å². The fraction of sp³-hybridized carbons (Fsp3) is 0.0588. The van der Waals surface area contributed by atoms with E-state index in [1.54, 1.807) is 0 Å². The van der Waals surface area contributed by atoms with Crippen LogP contribution in [-0.2, 0) is 16.6 Å². The highest BCUT2D eigenvalue weighted by molar-refractivity contribution is 7.84. The van der Waals surface area contributed by atoms with Crippen molar-refractivity contribution in [1.29, 1.82) is 0 Å². The van der Waals surface area contributed by atoms with Crippen LogP contribution in [0.3, 0.4) is 0 Å². The largest absolute Gasteiger partial charge is 0.254 e. The van der Waals surface area contributed by atoms with Crippen molar-refractivity contribution in [2.45, 2.75) is 10.6 Å². The van der Waals surface area contributed by atoms with Gasteiger partial charge in [-0.25, -0.2) is 0 Å². The molecule has 1 atom stereocenters. The molecule has 20 heavy (non-hydrogen) atoms. The molecule has 1 nitrogen and oxygen atoms in total. The van der Waals surface area contributed by atoms with Gasteiger partial charge in [0.15, 0.2) is 0 Å². The lowest BCUT2D eigenvalue weighted by Gasteiger charge is -2.05. The molecule has 1 unspecified atom stereocenters. The van der Waals surface area contributed by atoms with Gasteiger partial charge in [-0.15, -0.1) is 0 Å². The average molecular weight is 301 g/mol. The van der Waals surface area contributed by atoms with E-state index < -0.39 is 10.8 Å². The van der Waals surface area contributed by atoms with E-state index in [0.717, 1.165) is 21.2 Å². The second-order valence-electron chi connectivity index (χ2n) is 4.63. The molecule has 0 heterocycles. The van der Waals surface area contributed by atoms with Crippen LogP contribution >= 0.6 is 11.6 Å². The summed E-state index contributed by atoms with van der Waals surface area (Å²) < 4.78 is 12.4. The van der Waals surface area contributed by atoms with Crippen LogP contribution in [0.1, 0.15) is 5.56 Å². The van der Waals surface area contributed by atoms with Crippen LogP contribution in [0.2, 0.25) is 5.02 Å². The number of benzene rings is 3. The number of hydrogen-bond donors (Lipinski definition) is 0. The molecule has 0 aliphatic heterocycles. The zero-order valence-electron chi connectivity index (χ0n) is 10.8. The van der Waals surface area contributed by atoms with E-state index >= 15 is 0 Å². The standard InChI is InChI=1S/C17H13ClOS/c18-16-7-3-4-13(10-16)12-20(19)17-9-8-14-5-1-2-6-15(14)11-17/h1-11H,12H2. The maximum Gasteiger partial charge on any atom is 0.0574 e. The first kappa shape index (κ1) is 13.3. The molecular weight excluding hydrogens is 288 g/mol. The highest BCUT2D eigenvalue weighted by atomic mass is 35.5. The Morgan fingerprint density at radius 1 is 0.850 bits per heavy atom. The van der Waals surface area contributed by atoms with Gasteiger partial charge in [-0.05, 0) is 40.6 Å². The van der Waals surface area contributed by atoms with Gasteiger partial charge in [-0.3, -0.25) is 4.21 Å². The van der Waals surface area contributed by atoms with Crippen molar-refractivity contribution >= 4 is 33.2 Å². The van der Waals surface area contributed by atoms with Gasteiger partial charge in [0, 0.05) is 9.92 Å². The van der Waals surface area contributed by atoms with Crippen molar-refractivity contribution in [2.75, 3.05) is 0 Å². The first-order valence-electron chi connectivity index (χ1n) is 6.34. The van der Waals surface area contributed by atoms with Crippen LogP contribution in [0.4, 0.5) is 0 Å². The van der Waals surface area contributed by atoms with E-state index in [1.807, 2.05) is 60.7 Å². The topological polar surface area (TPSA) is 17.1 Å². The van der Waals surface area contributed by atoms with E-state index in [2.05, 4.69) is 6.07 Å². The van der Waals surface area contributed by atoms with Gasteiger partial charge in [0.05, 0.1) is 16.6 Å².